The Morgan fingerprint density at radius 1 is 1.35 bits per heavy atom. The molecule has 1 aromatic carbocycles. The molecule has 0 radical (unpaired) electrons. The summed E-state index contributed by atoms with van der Waals surface area (Å²) in [5.74, 6) is -1.19. The maximum absolute atomic E-state index is 11.9. The number of carboxylic acids is 1. The van der Waals surface area contributed by atoms with Crippen LogP contribution in [-0.4, -0.2) is 28.2 Å². The molecule has 0 saturated carbocycles. The second-order valence-electron chi connectivity index (χ2n) is 4.67. The van der Waals surface area contributed by atoms with Crippen LogP contribution in [0.25, 0.3) is 0 Å². The molecule has 112 valence electrons. The van der Waals surface area contributed by atoms with Crippen LogP contribution < -0.4 is 0 Å². The first-order valence-electron chi connectivity index (χ1n) is 6.71. The highest BCUT2D eigenvalue weighted by molar-refractivity contribution is 7.52. The van der Waals surface area contributed by atoms with Gasteiger partial charge in [0.25, 0.3) is 0 Å². The second-order valence-corrected chi connectivity index (χ2v) is 6.60. The topological polar surface area (TPSA) is 83.8 Å². The number of benzene rings is 1. The number of carbonyl (C=O) groups is 1. The van der Waals surface area contributed by atoms with Crippen molar-refractivity contribution < 1.29 is 23.9 Å². The van der Waals surface area contributed by atoms with E-state index in [1.54, 1.807) is 6.92 Å². The minimum atomic E-state index is -3.85. The molecule has 0 bridgehead atoms. The van der Waals surface area contributed by atoms with Crippen molar-refractivity contribution in [1.29, 1.82) is 0 Å². The summed E-state index contributed by atoms with van der Waals surface area (Å²) in [6.45, 7) is 1.80. The molecule has 0 aromatic heterocycles. The van der Waals surface area contributed by atoms with Gasteiger partial charge in [-0.3, -0.25) is 9.09 Å². The van der Waals surface area contributed by atoms with Crippen LogP contribution in [0.1, 0.15) is 31.7 Å². The molecule has 1 unspecified atom stereocenters. The Labute approximate surface area is 119 Å². The van der Waals surface area contributed by atoms with Crippen LogP contribution in [-0.2, 0) is 20.3 Å². The van der Waals surface area contributed by atoms with Crippen molar-refractivity contribution in [3.05, 3.63) is 35.9 Å². The summed E-state index contributed by atoms with van der Waals surface area (Å²) in [6.07, 6.45) is 0.735. The lowest BCUT2D eigenvalue weighted by atomic mass is 10.1. The summed E-state index contributed by atoms with van der Waals surface area (Å²) >= 11 is 0. The minimum Gasteiger partial charge on any atom is -0.479 e. The molecule has 0 aliphatic heterocycles. The molecule has 0 spiro atoms. The molecule has 0 heterocycles. The van der Waals surface area contributed by atoms with Crippen LogP contribution >= 0.6 is 7.60 Å². The smallest absolute Gasteiger partial charge is 0.333 e. The van der Waals surface area contributed by atoms with Gasteiger partial charge >= 0.3 is 13.6 Å². The van der Waals surface area contributed by atoms with Crippen LogP contribution in [0.3, 0.4) is 0 Å². The van der Waals surface area contributed by atoms with Crippen molar-refractivity contribution in [1.82, 2.24) is 0 Å². The molecule has 0 fully saturated rings. The second kappa shape index (κ2) is 8.20. The van der Waals surface area contributed by atoms with Crippen LogP contribution in [0.4, 0.5) is 0 Å². The average Bonchev–Trinajstić information content (AvgIpc) is 2.39. The zero-order chi connectivity index (χ0) is 15.0. The molecule has 1 rings (SSSR count). The Morgan fingerprint density at radius 3 is 2.55 bits per heavy atom. The van der Waals surface area contributed by atoms with Crippen LogP contribution in [0.15, 0.2) is 30.3 Å². The minimum absolute atomic E-state index is 0.0324. The maximum Gasteiger partial charge on any atom is 0.333 e. The number of carboxylic acid groups (broad SMARTS) is 1. The highest BCUT2D eigenvalue weighted by Crippen LogP contribution is 2.44. The predicted octanol–water partition coefficient (Wildman–Crippen LogP) is 3.07. The molecule has 5 nitrogen and oxygen atoms in total. The van der Waals surface area contributed by atoms with Crippen molar-refractivity contribution in [2.24, 2.45) is 0 Å². The van der Waals surface area contributed by atoms with E-state index in [1.807, 2.05) is 30.3 Å². The zero-order valence-corrected chi connectivity index (χ0v) is 12.5. The molecule has 6 heteroatoms. The predicted molar refractivity (Wildman–Crippen MR) is 76.9 cm³/mol. The Balaban J connectivity index is 2.44. The summed E-state index contributed by atoms with van der Waals surface area (Å²) in [6, 6.07) is 9.62. The van der Waals surface area contributed by atoms with E-state index in [-0.39, 0.29) is 12.6 Å². The molecule has 0 aliphatic rings. The first-order chi connectivity index (χ1) is 9.44. The molecular weight excluding hydrogens is 279 g/mol. The summed E-state index contributed by atoms with van der Waals surface area (Å²) in [7, 11) is -3.85. The van der Waals surface area contributed by atoms with Crippen LogP contribution in [0.2, 0.25) is 0 Å². The van der Waals surface area contributed by atoms with Gasteiger partial charge in [0, 0.05) is 0 Å². The fourth-order valence-corrected chi connectivity index (χ4v) is 3.12. The lowest BCUT2D eigenvalue weighted by molar-refractivity contribution is -0.145. The van der Waals surface area contributed by atoms with Gasteiger partial charge in [0.05, 0.1) is 6.16 Å². The highest BCUT2D eigenvalue weighted by Gasteiger charge is 2.28. The molecule has 0 aliphatic carbocycles. The molecule has 0 saturated heterocycles. The Morgan fingerprint density at radius 2 is 2.00 bits per heavy atom. The van der Waals surface area contributed by atoms with Crippen molar-refractivity contribution in [3.63, 3.8) is 0 Å². The van der Waals surface area contributed by atoms with Gasteiger partial charge in [-0.25, -0.2) is 4.79 Å². The fourth-order valence-electron chi connectivity index (χ4n) is 1.86. The summed E-state index contributed by atoms with van der Waals surface area (Å²) in [4.78, 5) is 20.6. The van der Waals surface area contributed by atoms with Gasteiger partial charge in [0.15, 0.2) is 6.10 Å². The summed E-state index contributed by atoms with van der Waals surface area (Å²) in [5.41, 5.74) is 1.08. The third kappa shape index (κ3) is 6.33. The normalized spacial score (nSPS) is 15.5. The lowest BCUT2D eigenvalue weighted by Gasteiger charge is -2.17. The van der Waals surface area contributed by atoms with E-state index in [0.29, 0.717) is 19.3 Å². The highest BCUT2D eigenvalue weighted by atomic mass is 31.2. The molecule has 2 N–H and O–H groups in total. The van der Waals surface area contributed by atoms with Gasteiger partial charge in [-0.05, 0) is 24.8 Å². The van der Waals surface area contributed by atoms with Crippen molar-refractivity contribution >= 4 is 13.6 Å². The van der Waals surface area contributed by atoms with Gasteiger partial charge in [-0.1, -0.05) is 43.7 Å². The quantitative estimate of drug-likeness (QED) is 0.685. The first kappa shape index (κ1) is 16.9. The number of rotatable bonds is 9. The molecule has 20 heavy (non-hydrogen) atoms. The molecule has 0 amide bonds. The lowest BCUT2D eigenvalue weighted by Crippen LogP contribution is -2.23. The third-order valence-electron chi connectivity index (χ3n) is 2.87. The monoisotopic (exact) mass is 300 g/mol. The van der Waals surface area contributed by atoms with Crippen molar-refractivity contribution in [2.45, 2.75) is 38.7 Å². The Hall–Kier alpha value is -1.16. The first-order valence-corrected chi connectivity index (χ1v) is 8.48. The van der Waals surface area contributed by atoms with E-state index in [0.717, 1.165) is 5.56 Å². The summed E-state index contributed by atoms with van der Waals surface area (Å²) < 4.78 is 16.8. The molecule has 1 aromatic rings. The van der Waals surface area contributed by atoms with E-state index >= 15 is 0 Å². The SMILES string of the molecule is CCC[C@@H](OP(=O)(O)CCCc1ccccc1)C(=O)O. The fraction of sp³-hybridized carbons (Fsp3) is 0.500. The van der Waals surface area contributed by atoms with E-state index in [9.17, 15) is 14.3 Å². The standard InChI is InChI=1S/C14H21O5P/c1-2-7-13(14(15)16)19-20(17,18)11-6-10-12-8-4-3-5-9-12/h3-5,8-9,13H,2,6-7,10-11H2,1H3,(H,15,16)(H,17,18)/t13-/m1/s1. The Kier molecular flexibility index (Phi) is 6.93. The van der Waals surface area contributed by atoms with Gasteiger partial charge < -0.3 is 10.00 Å². The number of hydrogen-bond acceptors (Lipinski definition) is 3. The van der Waals surface area contributed by atoms with Crippen LogP contribution in [0, 0.1) is 0 Å². The number of aliphatic carboxylic acids is 1. The van der Waals surface area contributed by atoms with E-state index in [1.165, 1.54) is 0 Å². The molecule has 2 atom stereocenters. The van der Waals surface area contributed by atoms with Crippen molar-refractivity contribution in [2.75, 3.05) is 6.16 Å². The van der Waals surface area contributed by atoms with E-state index in [4.69, 9.17) is 9.63 Å². The van der Waals surface area contributed by atoms with Gasteiger partial charge in [-0.15, -0.1) is 0 Å². The molecular formula is C14H21O5P. The maximum atomic E-state index is 11.9. The van der Waals surface area contributed by atoms with Gasteiger partial charge in [0.1, 0.15) is 0 Å². The Bertz CT molecular complexity index is 460. The number of hydrogen-bond donors (Lipinski definition) is 2. The van der Waals surface area contributed by atoms with Gasteiger partial charge in [-0.2, -0.15) is 0 Å². The van der Waals surface area contributed by atoms with Crippen LogP contribution in [0.5, 0.6) is 0 Å². The van der Waals surface area contributed by atoms with E-state index < -0.39 is 19.7 Å². The number of aryl methyl sites for hydroxylation is 1. The largest absolute Gasteiger partial charge is 0.479 e. The third-order valence-corrected chi connectivity index (χ3v) is 4.33. The van der Waals surface area contributed by atoms with Crippen molar-refractivity contribution in [3.8, 4) is 0 Å². The van der Waals surface area contributed by atoms with E-state index in [2.05, 4.69) is 0 Å². The zero-order valence-electron chi connectivity index (χ0n) is 11.6. The van der Waals surface area contributed by atoms with Gasteiger partial charge in [0.2, 0.25) is 0 Å². The average molecular weight is 300 g/mol. The summed E-state index contributed by atoms with van der Waals surface area (Å²) in [5, 5.41) is 8.91.